The molecule has 2 aromatic heterocycles. The maximum Gasteiger partial charge on any atom is 0.354 e. The lowest BCUT2D eigenvalue weighted by atomic mass is 10.0. The highest BCUT2D eigenvalue weighted by atomic mass is 32.2. The van der Waals surface area contributed by atoms with Gasteiger partial charge in [-0.05, 0) is 63.0 Å². The Labute approximate surface area is 174 Å². The van der Waals surface area contributed by atoms with Crippen LogP contribution in [0.5, 0.6) is 0 Å². The number of urea groups is 1. The van der Waals surface area contributed by atoms with Crippen molar-refractivity contribution in [3.05, 3.63) is 33.7 Å². The number of nitrogens with one attached hydrogen (secondary N) is 1. The molecule has 0 fully saturated rings. The molecule has 0 saturated carbocycles. The van der Waals surface area contributed by atoms with Crippen LogP contribution < -0.4 is 10.5 Å². The van der Waals surface area contributed by atoms with E-state index in [0.29, 0.717) is 10.9 Å². The summed E-state index contributed by atoms with van der Waals surface area (Å²) in [6.45, 7) is 5.29. The van der Waals surface area contributed by atoms with Gasteiger partial charge in [-0.15, -0.1) is 15.7 Å². The second kappa shape index (κ2) is 7.12. The Morgan fingerprint density at radius 3 is 2.83 bits per heavy atom. The van der Waals surface area contributed by atoms with Gasteiger partial charge in [0, 0.05) is 11.4 Å². The Balaban J connectivity index is 1.66. The van der Waals surface area contributed by atoms with Crippen LogP contribution in [0, 0.1) is 0 Å². The standard InChI is InChI=1S/C19H25N5O3S2/c1-10-7-8-12-15(10)22-13-6-4-5-11(13)16(12)23-18(25)24-29(20,27)14-9-21-17(28-14)19(2,3)26/h9-10,26H,4-8H2,1-3H3,(H3,20,22,23,24,25,27)/t10?,29-/m0/s1. The molecule has 4 N–H and O–H groups in total. The smallest absolute Gasteiger partial charge is 0.354 e. The van der Waals surface area contributed by atoms with E-state index < -0.39 is 21.5 Å². The number of carbonyl (C=O) groups is 1. The molecule has 2 aromatic rings. The third-order valence-electron chi connectivity index (χ3n) is 5.40. The zero-order valence-corrected chi connectivity index (χ0v) is 18.3. The number of nitrogens with two attached hydrogens (primary N) is 1. The number of hydrogen-bond acceptors (Lipinski definition) is 6. The Hall–Kier alpha value is -1.88. The molecule has 4 rings (SSSR count). The zero-order chi connectivity index (χ0) is 21.0. The van der Waals surface area contributed by atoms with Crippen LogP contribution >= 0.6 is 11.3 Å². The number of aryl methyl sites for hydroxylation is 1. The van der Waals surface area contributed by atoms with E-state index in [9.17, 15) is 14.1 Å². The number of anilines is 1. The van der Waals surface area contributed by atoms with Crippen LogP contribution in [0.1, 0.15) is 67.1 Å². The highest BCUT2D eigenvalue weighted by Gasteiger charge is 2.30. The van der Waals surface area contributed by atoms with E-state index in [1.165, 1.54) is 6.20 Å². The first-order valence-electron chi connectivity index (χ1n) is 9.65. The van der Waals surface area contributed by atoms with Crippen molar-refractivity contribution in [3.63, 3.8) is 0 Å². The highest BCUT2D eigenvalue weighted by molar-refractivity contribution is 7.93. The van der Waals surface area contributed by atoms with E-state index in [2.05, 4.69) is 21.6 Å². The van der Waals surface area contributed by atoms with Crippen LogP contribution in [-0.2, 0) is 34.8 Å². The first kappa shape index (κ1) is 20.4. The number of thiazole rings is 1. The largest absolute Gasteiger partial charge is 0.383 e. The van der Waals surface area contributed by atoms with Crippen molar-refractivity contribution in [1.29, 1.82) is 0 Å². The van der Waals surface area contributed by atoms with Crippen LogP contribution in [0.2, 0.25) is 0 Å². The molecule has 0 spiro atoms. The van der Waals surface area contributed by atoms with Crippen molar-refractivity contribution >= 4 is 33.0 Å². The number of pyridine rings is 1. The Morgan fingerprint density at radius 2 is 2.14 bits per heavy atom. The normalized spacial score (nSPS) is 20.1. The monoisotopic (exact) mass is 435 g/mol. The van der Waals surface area contributed by atoms with Gasteiger partial charge in [-0.25, -0.2) is 19.1 Å². The Morgan fingerprint density at radius 1 is 1.38 bits per heavy atom. The number of rotatable bonds is 3. The number of carbonyl (C=O) groups excluding carboxylic acids is 1. The van der Waals surface area contributed by atoms with Crippen LogP contribution in [0.3, 0.4) is 0 Å². The number of aromatic nitrogens is 2. The second-order valence-electron chi connectivity index (χ2n) is 8.20. The van der Waals surface area contributed by atoms with Gasteiger partial charge < -0.3 is 10.4 Å². The molecule has 0 saturated heterocycles. The lowest BCUT2D eigenvalue weighted by Crippen LogP contribution is -2.18. The predicted octanol–water partition coefficient (Wildman–Crippen LogP) is 3.24. The van der Waals surface area contributed by atoms with Crippen molar-refractivity contribution in [2.45, 2.75) is 68.6 Å². The minimum absolute atomic E-state index is 0.156. The third kappa shape index (κ3) is 3.81. The van der Waals surface area contributed by atoms with Crippen LogP contribution in [0.15, 0.2) is 14.8 Å². The van der Waals surface area contributed by atoms with Gasteiger partial charge in [-0.1, -0.05) is 6.92 Å². The molecule has 0 aromatic carbocycles. The number of amides is 2. The highest BCUT2D eigenvalue weighted by Crippen LogP contribution is 2.41. The molecular weight excluding hydrogens is 410 g/mol. The molecule has 8 nitrogen and oxygen atoms in total. The summed E-state index contributed by atoms with van der Waals surface area (Å²) < 4.78 is 16.8. The average Bonchev–Trinajstić information content (AvgIpc) is 3.33. The summed E-state index contributed by atoms with van der Waals surface area (Å²) >= 11 is 0.990. The topological polar surface area (TPSA) is 131 Å². The van der Waals surface area contributed by atoms with Crippen molar-refractivity contribution in [3.8, 4) is 0 Å². The molecule has 156 valence electrons. The van der Waals surface area contributed by atoms with Gasteiger partial charge in [-0.3, -0.25) is 4.98 Å². The lowest BCUT2D eigenvalue weighted by Gasteiger charge is -2.15. The van der Waals surface area contributed by atoms with E-state index >= 15 is 0 Å². The molecule has 2 heterocycles. The van der Waals surface area contributed by atoms with Crippen molar-refractivity contribution in [1.82, 2.24) is 9.97 Å². The number of fused-ring (bicyclic) bond motifs is 2. The van der Waals surface area contributed by atoms with Crippen molar-refractivity contribution < 1.29 is 14.1 Å². The molecule has 2 amide bonds. The zero-order valence-electron chi connectivity index (χ0n) is 16.7. The molecule has 1 unspecified atom stereocenters. The molecule has 2 aliphatic rings. The summed E-state index contributed by atoms with van der Waals surface area (Å²) in [5.41, 5.74) is 3.80. The van der Waals surface area contributed by atoms with Gasteiger partial charge in [0.2, 0.25) is 0 Å². The lowest BCUT2D eigenvalue weighted by molar-refractivity contribution is 0.0783. The van der Waals surface area contributed by atoms with Crippen LogP contribution in [0.4, 0.5) is 10.5 Å². The van der Waals surface area contributed by atoms with Crippen LogP contribution in [-0.4, -0.2) is 25.3 Å². The number of hydrogen-bond donors (Lipinski definition) is 3. The minimum Gasteiger partial charge on any atom is -0.383 e. The summed E-state index contributed by atoms with van der Waals surface area (Å²) in [5.74, 6) is 0.361. The molecule has 0 aliphatic heterocycles. The van der Waals surface area contributed by atoms with E-state index in [0.717, 1.165) is 71.6 Å². The number of nitrogens with zero attached hydrogens (tertiary/aromatic N) is 3. The van der Waals surface area contributed by atoms with E-state index in [1.807, 2.05) is 0 Å². The Bertz CT molecular complexity index is 1110. The summed E-state index contributed by atoms with van der Waals surface area (Å²) in [5, 5.41) is 19.1. The van der Waals surface area contributed by atoms with E-state index in [-0.39, 0.29) is 4.21 Å². The van der Waals surface area contributed by atoms with Gasteiger partial charge in [0.25, 0.3) is 0 Å². The van der Waals surface area contributed by atoms with Gasteiger partial charge in [0.15, 0.2) is 9.92 Å². The maximum absolute atomic E-state index is 12.9. The van der Waals surface area contributed by atoms with Gasteiger partial charge in [-0.2, -0.15) is 0 Å². The summed E-state index contributed by atoms with van der Waals surface area (Å²) in [7, 11) is -3.47. The van der Waals surface area contributed by atoms with E-state index in [4.69, 9.17) is 10.1 Å². The first-order chi connectivity index (χ1) is 13.6. The summed E-state index contributed by atoms with van der Waals surface area (Å²) in [6.07, 6.45) is 5.94. The second-order valence-corrected chi connectivity index (χ2v) is 11.3. The average molecular weight is 436 g/mol. The third-order valence-corrected chi connectivity index (χ3v) is 8.59. The minimum atomic E-state index is -3.47. The fourth-order valence-corrected chi connectivity index (χ4v) is 5.99. The molecular formula is C19H25N5O3S2. The molecule has 10 heteroatoms. The van der Waals surface area contributed by atoms with Crippen molar-refractivity contribution in [2.24, 2.45) is 9.50 Å². The SMILES string of the molecule is CC1CCc2c1nc1c(c2NC(=O)N=[S@](N)(=O)c2cnc(C(C)(C)O)s2)CCC1. The first-order valence-corrected chi connectivity index (χ1v) is 12.0. The molecule has 2 atom stereocenters. The molecule has 29 heavy (non-hydrogen) atoms. The maximum atomic E-state index is 12.9. The molecule has 0 radical (unpaired) electrons. The van der Waals surface area contributed by atoms with Crippen LogP contribution in [0.25, 0.3) is 0 Å². The number of aliphatic hydroxyl groups is 1. The fourth-order valence-electron chi connectivity index (χ4n) is 3.93. The Kier molecular flexibility index (Phi) is 5.01. The van der Waals surface area contributed by atoms with Gasteiger partial charge >= 0.3 is 6.03 Å². The quantitative estimate of drug-likeness (QED) is 0.681. The summed E-state index contributed by atoms with van der Waals surface area (Å²) in [4.78, 5) is 21.6. The predicted molar refractivity (Wildman–Crippen MR) is 112 cm³/mol. The van der Waals surface area contributed by atoms with Gasteiger partial charge in [0.1, 0.15) is 14.8 Å². The summed E-state index contributed by atoms with van der Waals surface area (Å²) in [6, 6.07) is -0.738. The fraction of sp³-hybridized carbons (Fsp3) is 0.526. The van der Waals surface area contributed by atoms with E-state index in [1.54, 1.807) is 13.8 Å². The van der Waals surface area contributed by atoms with Gasteiger partial charge in [0.05, 0.1) is 11.9 Å². The molecule has 2 aliphatic carbocycles. The molecule has 0 bridgehead atoms. The van der Waals surface area contributed by atoms with Crippen molar-refractivity contribution in [2.75, 3.05) is 5.32 Å².